The molecule has 0 saturated carbocycles. The van der Waals surface area contributed by atoms with E-state index in [1.807, 2.05) is 0 Å². The molecular weight excluding hydrogens is 592 g/mol. The van der Waals surface area contributed by atoms with Gasteiger partial charge in [0.05, 0.1) is 24.9 Å². The Kier molecular flexibility index (Phi) is 9.53. The molecule has 0 radical (unpaired) electrons. The molecule has 5 rings (SSSR count). The fraction of sp³-hybridized carbons (Fsp3) is 0.385. The second-order valence-corrected chi connectivity index (χ2v) is 9.63. The van der Waals surface area contributed by atoms with Crippen molar-refractivity contribution >= 4 is 24.2 Å². The van der Waals surface area contributed by atoms with Gasteiger partial charge in [-0.15, -0.1) is 5.10 Å². The first-order valence-electron chi connectivity index (χ1n) is 13.0. The quantitative estimate of drug-likeness (QED) is 0.222. The number of β-amino-alcohol motifs (C(OH)–C–C–N with tert-alkyl or cyclic N) is 1. The highest BCUT2D eigenvalue weighted by Gasteiger charge is 2.48. The summed E-state index contributed by atoms with van der Waals surface area (Å²) < 4.78 is 40.1. The van der Waals surface area contributed by atoms with Crippen LogP contribution in [0.25, 0.3) is 5.69 Å². The predicted octanol–water partition coefficient (Wildman–Crippen LogP) is -1.01. The normalized spacial score (nSPS) is 16.5. The molecular formula is C26H28ClF2N9O5. The highest BCUT2D eigenvalue weighted by molar-refractivity contribution is 5.94. The van der Waals surface area contributed by atoms with Crippen LogP contribution in [0.3, 0.4) is 0 Å². The summed E-state index contributed by atoms with van der Waals surface area (Å²) in [6.45, 7) is 3.45. The number of carbonyl (C=O) groups is 2. The second-order valence-electron chi connectivity index (χ2n) is 9.63. The van der Waals surface area contributed by atoms with E-state index in [1.165, 1.54) is 30.7 Å². The van der Waals surface area contributed by atoms with Gasteiger partial charge in [0, 0.05) is 30.4 Å². The first-order chi connectivity index (χ1) is 20.2. The molecule has 0 spiro atoms. The summed E-state index contributed by atoms with van der Waals surface area (Å²) in [4.78, 5) is 29.5. The smallest absolute Gasteiger partial charge is 0.547 e. The number of halogens is 3. The van der Waals surface area contributed by atoms with Gasteiger partial charge in [-0.1, -0.05) is 11.0 Å². The van der Waals surface area contributed by atoms with Crippen LogP contribution < -0.4 is 17.3 Å². The van der Waals surface area contributed by atoms with Gasteiger partial charge in [0.15, 0.2) is 6.67 Å². The molecule has 2 aliphatic heterocycles. The van der Waals surface area contributed by atoms with Crippen LogP contribution in [-0.2, 0) is 15.1 Å². The van der Waals surface area contributed by atoms with Gasteiger partial charge >= 0.3 is 18.5 Å². The number of urea groups is 1. The number of carbonyl (C=O) groups excluding carboxylic acids is 2. The molecule has 1 aromatic heterocycles. The number of hydrazone groups is 1. The number of hydrogen-bond donors (Lipinski definition) is 1. The minimum absolute atomic E-state index is 0. The first-order valence-corrected chi connectivity index (χ1v) is 13.0. The van der Waals surface area contributed by atoms with E-state index in [1.54, 1.807) is 38.1 Å². The molecule has 2 aliphatic rings. The monoisotopic (exact) mass is 619 g/mol. The maximum Gasteiger partial charge on any atom is 0.547 e. The van der Waals surface area contributed by atoms with Gasteiger partial charge in [-0.3, -0.25) is 4.90 Å². The van der Waals surface area contributed by atoms with E-state index in [0.717, 1.165) is 12.1 Å². The zero-order chi connectivity index (χ0) is 29.9. The highest BCUT2D eigenvalue weighted by atomic mass is 35.5. The van der Waals surface area contributed by atoms with Crippen LogP contribution in [0.15, 0.2) is 53.9 Å². The van der Waals surface area contributed by atoms with Crippen molar-refractivity contribution in [1.82, 2.24) is 35.0 Å². The lowest BCUT2D eigenvalue weighted by Gasteiger charge is -2.40. The Labute approximate surface area is 251 Å². The van der Waals surface area contributed by atoms with Gasteiger partial charge in [-0.2, -0.15) is 0 Å². The second kappa shape index (κ2) is 13.1. The average molecular weight is 620 g/mol. The molecule has 2 atom stereocenters. The predicted molar refractivity (Wildman–Crippen MR) is 142 cm³/mol. The number of ether oxygens (including phenoxy) is 2. The van der Waals surface area contributed by atoms with Crippen molar-refractivity contribution in [1.29, 1.82) is 0 Å². The zero-order valence-electron chi connectivity index (χ0n) is 23.2. The van der Waals surface area contributed by atoms with Crippen LogP contribution in [0.4, 0.5) is 24.1 Å². The van der Waals surface area contributed by atoms with Gasteiger partial charge in [0.25, 0.3) is 0 Å². The maximum atomic E-state index is 15.1. The van der Waals surface area contributed by atoms with E-state index in [4.69, 9.17) is 9.47 Å². The number of benzene rings is 2. The summed E-state index contributed by atoms with van der Waals surface area (Å²) in [6, 6.07) is 8.50. The molecule has 228 valence electrons. The Morgan fingerprint density at radius 1 is 1.14 bits per heavy atom. The topological polar surface area (TPSA) is 142 Å². The minimum atomic E-state index is -2.03. The van der Waals surface area contributed by atoms with E-state index in [0.29, 0.717) is 24.0 Å². The molecule has 1 fully saturated rings. The van der Waals surface area contributed by atoms with Crippen molar-refractivity contribution < 1.29 is 45.4 Å². The summed E-state index contributed by atoms with van der Waals surface area (Å²) in [6.07, 6.45) is 3.23. The Hall–Kier alpha value is -4.66. The molecule has 1 N–H and O–H groups in total. The fourth-order valence-corrected chi connectivity index (χ4v) is 4.87. The van der Waals surface area contributed by atoms with E-state index in [-0.39, 0.29) is 51.1 Å². The molecule has 3 heterocycles. The largest absolute Gasteiger partial charge is 1.00 e. The molecule has 2 amide bonds. The number of amides is 2. The van der Waals surface area contributed by atoms with Gasteiger partial charge in [0.2, 0.25) is 6.73 Å². The zero-order valence-corrected chi connectivity index (χ0v) is 23.9. The highest BCUT2D eigenvalue weighted by Crippen LogP contribution is 2.35. The number of nitrogens with zero attached hydrogens (tertiary/aromatic N) is 9. The number of tetrazole rings is 1. The van der Waals surface area contributed by atoms with E-state index < -0.39 is 35.5 Å². The number of anilines is 1. The molecule has 0 aliphatic carbocycles. The third kappa shape index (κ3) is 6.56. The van der Waals surface area contributed by atoms with Crippen LogP contribution in [-0.4, -0.2) is 104 Å². The molecule has 17 heteroatoms. The third-order valence-electron chi connectivity index (χ3n) is 7.06. The van der Waals surface area contributed by atoms with Crippen molar-refractivity contribution in [2.24, 2.45) is 5.10 Å². The molecule has 14 nitrogen and oxygen atoms in total. The van der Waals surface area contributed by atoms with Gasteiger partial charge in [0.1, 0.15) is 28.7 Å². The van der Waals surface area contributed by atoms with Crippen molar-refractivity contribution in [2.75, 3.05) is 44.5 Å². The summed E-state index contributed by atoms with van der Waals surface area (Å²) in [5, 5.41) is 28.6. The van der Waals surface area contributed by atoms with Crippen molar-refractivity contribution in [2.45, 2.75) is 25.5 Å². The Morgan fingerprint density at radius 3 is 2.56 bits per heavy atom. The summed E-state index contributed by atoms with van der Waals surface area (Å²) in [5.41, 5.74) is -0.924. The molecule has 2 aromatic carbocycles. The van der Waals surface area contributed by atoms with E-state index in [2.05, 4.69) is 27.0 Å². The van der Waals surface area contributed by atoms with Gasteiger partial charge in [-0.25, -0.2) is 28.1 Å². The number of aromatic nitrogens is 4. The SMILES string of the molecule is CCOC(=O)OCN1[C+]=NN(C[C@@](O)(c2ccc(F)cc2F)[C@@H](C)N2CCN(c3ccc(-n4cnnn4)cc3)C2=O)C1.[Cl-]. The van der Waals surface area contributed by atoms with Crippen molar-refractivity contribution in [3.63, 3.8) is 0 Å². The van der Waals surface area contributed by atoms with E-state index in [9.17, 15) is 19.1 Å². The van der Waals surface area contributed by atoms with Crippen molar-refractivity contribution in [3.05, 3.63) is 66.0 Å². The van der Waals surface area contributed by atoms with Crippen LogP contribution >= 0.6 is 0 Å². The summed E-state index contributed by atoms with van der Waals surface area (Å²) in [7, 11) is 0. The maximum absolute atomic E-state index is 15.1. The average Bonchev–Trinajstić information content (AvgIpc) is 3.74. The molecule has 43 heavy (non-hydrogen) atoms. The van der Waals surface area contributed by atoms with Crippen LogP contribution in [0.2, 0.25) is 0 Å². The van der Waals surface area contributed by atoms with Crippen molar-refractivity contribution in [3.8, 4) is 5.69 Å². The van der Waals surface area contributed by atoms with Crippen LogP contribution in [0, 0.1) is 11.6 Å². The number of aliphatic hydroxyl groups is 1. The fourth-order valence-electron chi connectivity index (χ4n) is 4.87. The van der Waals surface area contributed by atoms with Crippen LogP contribution in [0.1, 0.15) is 19.4 Å². The molecule has 0 bridgehead atoms. The lowest BCUT2D eigenvalue weighted by Crippen LogP contribution is -3.00. The summed E-state index contributed by atoms with van der Waals surface area (Å²) >= 11 is 0. The molecule has 1 saturated heterocycles. The minimum Gasteiger partial charge on any atom is -1.00 e. The number of rotatable bonds is 10. The Morgan fingerprint density at radius 2 is 1.88 bits per heavy atom. The Balaban J connectivity index is 0.00000423. The lowest BCUT2D eigenvalue weighted by molar-refractivity contribution is -0.0601. The van der Waals surface area contributed by atoms with E-state index >= 15 is 4.39 Å². The Bertz CT molecular complexity index is 1450. The molecule has 0 unspecified atom stereocenters. The van der Waals surface area contributed by atoms with Crippen LogP contribution in [0.5, 0.6) is 0 Å². The van der Waals surface area contributed by atoms with Gasteiger partial charge < -0.3 is 31.9 Å². The lowest BCUT2D eigenvalue weighted by atomic mass is 9.85. The number of hydrogen-bond acceptors (Lipinski definition) is 11. The standard InChI is InChI=1S/C26H28F2N9O5.ClH/c1-3-41-25(39)42-17-33-15-30-34(16-33)13-26(40,22-9-4-19(27)12-23(22)28)18(2)35-10-11-36(24(35)38)20-5-7-21(8-6-20)37-14-29-31-32-37;/h4-9,12,14,18,40H,3,10-11,13,16-17H2,1-2H3;1H/q+1;/p-1/t18-,26+;/m1./s1. The molecule has 3 aromatic rings. The first kappa shape index (κ1) is 31.3. The third-order valence-corrected chi connectivity index (χ3v) is 7.06. The summed E-state index contributed by atoms with van der Waals surface area (Å²) in [5.74, 6) is -1.78. The van der Waals surface area contributed by atoms with Gasteiger partial charge in [-0.05, 0) is 54.6 Å².